The normalized spacial score (nSPS) is 12.2. The van der Waals surface area contributed by atoms with Crippen LogP contribution in [-0.2, 0) is 6.42 Å². The van der Waals surface area contributed by atoms with E-state index in [1.165, 1.54) is 25.4 Å². The van der Waals surface area contributed by atoms with E-state index in [1.54, 1.807) is 25.2 Å². The first-order valence-corrected chi connectivity index (χ1v) is 6.25. The molecule has 0 bridgehead atoms. The minimum absolute atomic E-state index is 0.108. The van der Waals surface area contributed by atoms with E-state index in [1.807, 2.05) is 0 Å². The Kier molecular flexibility index (Phi) is 4.63. The standard InChI is InChI=1S/C15H16F2N2O/c1-18-14(13-5-4-11(16)9-19-13)8-10-3-6-15(20-2)12(17)7-10/h3-7,9,14,18H,8H2,1-2H3. The van der Waals surface area contributed by atoms with Crippen molar-refractivity contribution in [2.75, 3.05) is 14.2 Å². The molecule has 0 saturated carbocycles. The number of rotatable bonds is 5. The Bertz CT molecular complexity index is 573. The third-order valence-corrected chi connectivity index (χ3v) is 3.11. The van der Waals surface area contributed by atoms with Crippen molar-refractivity contribution < 1.29 is 13.5 Å². The smallest absolute Gasteiger partial charge is 0.165 e. The van der Waals surface area contributed by atoms with Crippen LogP contribution >= 0.6 is 0 Å². The van der Waals surface area contributed by atoms with Crippen LogP contribution in [0.25, 0.3) is 0 Å². The Labute approximate surface area is 116 Å². The predicted molar refractivity (Wildman–Crippen MR) is 72.7 cm³/mol. The van der Waals surface area contributed by atoms with Gasteiger partial charge in [-0.3, -0.25) is 4.98 Å². The van der Waals surface area contributed by atoms with Crippen molar-refractivity contribution in [2.45, 2.75) is 12.5 Å². The van der Waals surface area contributed by atoms with E-state index >= 15 is 0 Å². The van der Waals surface area contributed by atoms with Gasteiger partial charge in [-0.15, -0.1) is 0 Å². The lowest BCUT2D eigenvalue weighted by Gasteiger charge is -2.16. The summed E-state index contributed by atoms with van der Waals surface area (Å²) in [5, 5.41) is 3.10. The minimum atomic E-state index is -0.396. The highest BCUT2D eigenvalue weighted by atomic mass is 19.1. The molecule has 0 radical (unpaired) electrons. The number of aromatic nitrogens is 1. The number of nitrogens with one attached hydrogen (secondary N) is 1. The topological polar surface area (TPSA) is 34.1 Å². The molecule has 1 aromatic carbocycles. The summed E-state index contributed by atoms with van der Waals surface area (Å²) in [6.07, 6.45) is 1.73. The van der Waals surface area contributed by atoms with Crippen molar-refractivity contribution in [3.8, 4) is 5.75 Å². The molecular weight excluding hydrogens is 262 g/mol. The summed E-state index contributed by atoms with van der Waals surface area (Å²) in [6, 6.07) is 7.71. The fraction of sp³-hybridized carbons (Fsp3) is 0.267. The number of hydrogen-bond donors (Lipinski definition) is 1. The molecule has 0 aliphatic heterocycles. The first-order chi connectivity index (χ1) is 9.63. The van der Waals surface area contributed by atoms with Crippen molar-refractivity contribution in [3.05, 3.63) is 59.4 Å². The number of nitrogens with zero attached hydrogens (tertiary/aromatic N) is 1. The number of methoxy groups -OCH3 is 1. The number of likely N-dealkylation sites (N-methyl/N-ethyl adjacent to an activating group) is 1. The monoisotopic (exact) mass is 278 g/mol. The Morgan fingerprint density at radius 3 is 2.60 bits per heavy atom. The second-order valence-corrected chi connectivity index (χ2v) is 4.42. The highest BCUT2D eigenvalue weighted by molar-refractivity contribution is 5.30. The molecule has 3 nitrogen and oxygen atoms in total. The van der Waals surface area contributed by atoms with Gasteiger partial charge in [0.2, 0.25) is 0 Å². The maximum atomic E-state index is 13.6. The zero-order chi connectivity index (χ0) is 14.5. The second kappa shape index (κ2) is 6.43. The van der Waals surface area contributed by atoms with E-state index in [9.17, 15) is 8.78 Å². The largest absolute Gasteiger partial charge is 0.494 e. The van der Waals surface area contributed by atoms with E-state index < -0.39 is 5.82 Å². The van der Waals surface area contributed by atoms with Crippen LogP contribution in [0.1, 0.15) is 17.3 Å². The first-order valence-electron chi connectivity index (χ1n) is 6.25. The highest BCUT2D eigenvalue weighted by Crippen LogP contribution is 2.22. The maximum Gasteiger partial charge on any atom is 0.165 e. The highest BCUT2D eigenvalue weighted by Gasteiger charge is 2.13. The Morgan fingerprint density at radius 1 is 1.25 bits per heavy atom. The van der Waals surface area contributed by atoms with Crippen LogP contribution in [-0.4, -0.2) is 19.1 Å². The number of pyridine rings is 1. The number of ether oxygens (including phenoxy) is 1. The fourth-order valence-corrected chi connectivity index (χ4v) is 2.02. The number of benzene rings is 1. The molecule has 1 N–H and O–H groups in total. The third-order valence-electron chi connectivity index (χ3n) is 3.11. The van der Waals surface area contributed by atoms with E-state index in [-0.39, 0.29) is 17.6 Å². The molecule has 0 spiro atoms. The lowest BCUT2D eigenvalue weighted by Crippen LogP contribution is -2.20. The summed E-state index contributed by atoms with van der Waals surface area (Å²) in [7, 11) is 3.21. The van der Waals surface area contributed by atoms with E-state index in [2.05, 4.69) is 10.3 Å². The Morgan fingerprint density at radius 2 is 2.05 bits per heavy atom. The summed E-state index contributed by atoms with van der Waals surface area (Å²) in [6.45, 7) is 0. The molecule has 5 heteroatoms. The third kappa shape index (κ3) is 3.30. The molecule has 0 aliphatic carbocycles. The SMILES string of the molecule is CNC(Cc1ccc(OC)c(F)c1)c1ccc(F)cn1. The second-order valence-electron chi connectivity index (χ2n) is 4.42. The van der Waals surface area contributed by atoms with Crippen molar-refractivity contribution >= 4 is 0 Å². The average Bonchev–Trinajstić information content (AvgIpc) is 2.46. The number of halogens is 2. The zero-order valence-corrected chi connectivity index (χ0v) is 11.4. The van der Waals surface area contributed by atoms with Crippen LogP contribution in [0.5, 0.6) is 5.75 Å². The van der Waals surface area contributed by atoms with Gasteiger partial charge in [0.05, 0.1) is 25.0 Å². The molecule has 1 unspecified atom stereocenters. The lowest BCUT2D eigenvalue weighted by atomic mass is 10.0. The molecule has 0 aliphatic rings. The number of hydrogen-bond acceptors (Lipinski definition) is 3. The van der Waals surface area contributed by atoms with Crippen LogP contribution in [0.3, 0.4) is 0 Å². The Hall–Kier alpha value is -2.01. The Balaban J connectivity index is 2.17. The van der Waals surface area contributed by atoms with Crippen LogP contribution in [0.15, 0.2) is 36.5 Å². The van der Waals surface area contributed by atoms with E-state index in [0.29, 0.717) is 12.1 Å². The van der Waals surface area contributed by atoms with Crippen LogP contribution < -0.4 is 10.1 Å². The van der Waals surface area contributed by atoms with Gasteiger partial charge < -0.3 is 10.1 Å². The van der Waals surface area contributed by atoms with Crippen molar-refractivity contribution in [1.82, 2.24) is 10.3 Å². The van der Waals surface area contributed by atoms with Crippen molar-refractivity contribution in [2.24, 2.45) is 0 Å². The molecular formula is C15H16F2N2O. The lowest BCUT2D eigenvalue weighted by molar-refractivity contribution is 0.386. The van der Waals surface area contributed by atoms with E-state index in [0.717, 1.165) is 5.56 Å². The first kappa shape index (κ1) is 14.4. The van der Waals surface area contributed by atoms with Gasteiger partial charge in [-0.2, -0.15) is 0 Å². The molecule has 1 heterocycles. The summed E-state index contributed by atoms with van der Waals surface area (Å²) < 4.78 is 31.4. The average molecular weight is 278 g/mol. The molecule has 20 heavy (non-hydrogen) atoms. The van der Waals surface area contributed by atoms with Crippen molar-refractivity contribution in [1.29, 1.82) is 0 Å². The van der Waals surface area contributed by atoms with E-state index in [4.69, 9.17) is 4.74 Å². The maximum absolute atomic E-state index is 13.6. The van der Waals surface area contributed by atoms with Gasteiger partial charge in [0, 0.05) is 0 Å². The molecule has 1 atom stereocenters. The van der Waals surface area contributed by atoms with Crippen LogP contribution in [0.2, 0.25) is 0 Å². The summed E-state index contributed by atoms with van der Waals surface area (Å²) in [5.41, 5.74) is 1.53. The molecule has 2 rings (SSSR count). The van der Waals surface area contributed by atoms with Crippen LogP contribution in [0.4, 0.5) is 8.78 Å². The van der Waals surface area contributed by atoms with Gasteiger partial charge in [-0.25, -0.2) is 8.78 Å². The van der Waals surface area contributed by atoms with Gasteiger partial charge >= 0.3 is 0 Å². The van der Waals surface area contributed by atoms with Gasteiger partial charge in [0.1, 0.15) is 5.82 Å². The minimum Gasteiger partial charge on any atom is -0.494 e. The quantitative estimate of drug-likeness (QED) is 0.913. The molecule has 2 aromatic rings. The van der Waals surface area contributed by atoms with Gasteiger partial charge in [0.25, 0.3) is 0 Å². The fourth-order valence-electron chi connectivity index (χ4n) is 2.02. The van der Waals surface area contributed by atoms with Crippen LogP contribution in [0, 0.1) is 11.6 Å². The van der Waals surface area contributed by atoms with Gasteiger partial charge in [-0.05, 0) is 43.3 Å². The summed E-state index contributed by atoms with van der Waals surface area (Å²) >= 11 is 0. The summed E-state index contributed by atoms with van der Waals surface area (Å²) in [5.74, 6) is -0.555. The predicted octanol–water partition coefficient (Wildman–Crippen LogP) is 2.87. The zero-order valence-electron chi connectivity index (χ0n) is 11.4. The van der Waals surface area contributed by atoms with Crippen molar-refractivity contribution in [3.63, 3.8) is 0 Å². The molecule has 106 valence electrons. The molecule has 0 fully saturated rings. The van der Waals surface area contributed by atoms with Gasteiger partial charge in [-0.1, -0.05) is 6.07 Å². The van der Waals surface area contributed by atoms with Gasteiger partial charge in [0.15, 0.2) is 11.6 Å². The molecule has 0 amide bonds. The summed E-state index contributed by atoms with van der Waals surface area (Å²) in [4.78, 5) is 4.05. The molecule has 1 aromatic heterocycles. The molecule has 0 saturated heterocycles.